The van der Waals surface area contributed by atoms with Gasteiger partial charge in [-0.3, -0.25) is 9.59 Å². The van der Waals surface area contributed by atoms with E-state index in [1.807, 2.05) is 0 Å². The Labute approximate surface area is 137 Å². The van der Waals surface area contributed by atoms with Gasteiger partial charge in [-0.25, -0.2) is 4.99 Å². The van der Waals surface area contributed by atoms with E-state index in [1.165, 1.54) is 19.2 Å². The molecule has 0 heterocycles. The van der Waals surface area contributed by atoms with E-state index in [-0.39, 0.29) is 28.6 Å². The smallest absolute Gasteiger partial charge is 0.209 e. The number of fused-ring (bicyclic) bond motifs is 1. The van der Waals surface area contributed by atoms with Gasteiger partial charge >= 0.3 is 0 Å². The van der Waals surface area contributed by atoms with Crippen molar-refractivity contribution in [2.75, 3.05) is 7.11 Å². The minimum absolute atomic E-state index is 0.0556. The number of halogens is 1. The molecule has 1 aliphatic carbocycles. The Hall–Kier alpha value is -2.66. The lowest BCUT2D eigenvalue weighted by molar-refractivity contribution is 0.0968. The second kappa shape index (κ2) is 5.85. The molecule has 5 nitrogen and oxygen atoms in total. The summed E-state index contributed by atoms with van der Waals surface area (Å²) in [5, 5.41) is 8.63. The van der Waals surface area contributed by atoms with Crippen LogP contribution in [0.1, 0.15) is 20.7 Å². The fourth-order valence-corrected chi connectivity index (χ4v) is 2.67. The van der Waals surface area contributed by atoms with E-state index in [0.29, 0.717) is 11.3 Å². The first-order valence-corrected chi connectivity index (χ1v) is 7.24. The van der Waals surface area contributed by atoms with Crippen LogP contribution in [0.4, 0.5) is 5.69 Å². The zero-order valence-electron chi connectivity index (χ0n) is 12.1. The molecule has 6 heteroatoms. The Morgan fingerprint density at radius 1 is 1.13 bits per heavy atom. The summed E-state index contributed by atoms with van der Waals surface area (Å²) in [6, 6.07) is 10.9. The van der Waals surface area contributed by atoms with Crippen LogP contribution in [0, 0.1) is 0 Å². The molecule has 0 radical (unpaired) electrons. The van der Waals surface area contributed by atoms with E-state index in [0.717, 1.165) is 0 Å². The number of Topliss-reactive ketones (excluding diaryl/α,β-unsaturated/α-hetero) is 2. The predicted molar refractivity (Wildman–Crippen MR) is 86.5 cm³/mol. The molecule has 0 aliphatic heterocycles. The number of phenols is 1. The summed E-state index contributed by atoms with van der Waals surface area (Å²) in [5.41, 5.74) is 0.837. The van der Waals surface area contributed by atoms with Gasteiger partial charge in [0, 0.05) is 17.2 Å². The molecule has 1 N–H and O–H groups in total. The summed E-state index contributed by atoms with van der Waals surface area (Å²) >= 11 is 6.12. The SMILES string of the molecule is COc1ccc(N=C2C(=O)c3ccccc3C(=O)C2Cl)cc1O. The Bertz CT molecular complexity index is 844. The first-order valence-electron chi connectivity index (χ1n) is 6.80. The van der Waals surface area contributed by atoms with Gasteiger partial charge in [-0.2, -0.15) is 0 Å². The van der Waals surface area contributed by atoms with Crippen molar-refractivity contribution in [3.8, 4) is 11.5 Å². The van der Waals surface area contributed by atoms with Gasteiger partial charge < -0.3 is 9.84 Å². The molecule has 1 aliphatic rings. The molecular weight excluding hydrogens is 318 g/mol. The highest BCUT2D eigenvalue weighted by Crippen LogP contribution is 2.31. The van der Waals surface area contributed by atoms with Crippen molar-refractivity contribution in [3.63, 3.8) is 0 Å². The number of ketones is 2. The highest BCUT2D eigenvalue weighted by molar-refractivity contribution is 6.65. The number of hydrogen-bond donors (Lipinski definition) is 1. The maximum Gasteiger partial charge on any atom is 0.209 e. The van der Waals surface area contributed by atoms with Crippen molar-refractivity contribution in [2.45, 2.75) is 5.38 Å². The maximum atomic E-state index is 12.5. The second-order valence-corrected chi connectivity index (χ2v) is 5.39. The van der Waals surface area contributed by atoms with Crippen LogP contribution in [0.2, 0.25) is 0 Å². The minimum atomic E-state index is -1.15. The Morgan fingerprint density at radius 3 is 2.48 bits per heavy atom. The van der Waals surface area contributed by atoms with Crippen molar-refractivity contribution in [1.29, 1.82) is 0 Å². The molecule has 0 amide bonds. The highest BCUT2D eigenvalue weighted by Gasteiger charge is 2.37. The van der Waals surface area contributed by atoms with E-state index in [9.17, 15) is 14.7 Å². The number of benzene rings is 2. The molecule has 2 aromatic rings. The molecular formula is C17H12ClNO4. The van der Waals surface area contributed by atoms with Gasteiger partial charge in [-0.1, -0.05) is 24.3 Å². The molecule has 0 bridgehead atoms. The molecule has 116 valence electrons. The van der Waals surface area contributed by atoms with Crippen LogP contribution < -0.4 is 4.74 Å². The molecule has 0 aromatic heterocycles. The molecule has 23 heavy (non-hydrogen) atoms. The summed E-state index contributed by atoms with van der Waals surface area (Å²) in [7, 11) is 1.43. The summed E-state index contributed by atoms with van der Waals surface area (Å²) < 4.78 is 4.95. The van der Waals surface area contributed by atoms with Crippen LogP contribution >= 0.6 is 11.6 Å². The third-order valence-electron chi connectivity index (χ3n) is 3.55. The molecule has 0 spiro atoms. The van der Waals surface area contributed by atoms with Crippen molar-refractivity contribution in [1.82, 2.24) is 0 Å². The van der Waals surface area contributed by atoms with Crippen LogP contribution in [-0.2, 0) is 0 Å². The van der Waals surface area contributed by atoms with E-state index in [2.05, 4.69) is 4.99 Å². The number of alkyl halides is 1. The fourth-order valence-electron chi connectivity index (χ4n) is 2.40. The van der Waals surface area contributed by atoms with Crippen molar-refractivity contribution < 1.29 is 19.4 Å². The monoisotopic (exact) mass is 329 g/mol. The average molecular weight is 330 g/mol. The van der Waals surface area contributed by atoms with Crippen molar-refractivity contribution in [3.05, 3.63) is 53.6 Å². The first-order chi connectivity index (χ1) is 11.0. The summed E-state index contributed by atoms with van der Waals surface area (Å²) in [6.07, 6.45) is 0. The largest absolute Gasteiger partial charge is 0.504 e. The topological polar surface area (TPSA) is 76.0 Å². The molecule has 0 saturated carbocycles. The minimum Gasteiger partial charge on any atom is -0.504 e. The summed E-state index contributed by atoms with van der Waals surface area (Å²) in [5.74, 6) is -0.586. The number of phenolic OH excluding ortho intramolecular Hbond substituents is 1. The number of nitrogens with zero attached hydrogens (tertiary/aromatic N) is 1. The number of methoxy groups -OCH3 is 1. The van der Waals surface area contributed by atoms with Crippen molar-refractivity contribution >= 4 is 34.6 Å². The number of rotatable bonds is 2. The van der Waals surface area contributed by atoms with Gasteiger partial charge in [-0.15, -0.1) is 11.6 Å². The third kappa shape index (κ3) is 2.59. The summed E-state index contributed by atoms with van der Waals surface area (Å²) in [6.45, 7) is 0. The number of ether oxygens (including phenoxy) is 1. The quantitative estimate of drug-likeness (QED) is 0.859. The lowest BCUT2D eigenvalue weighted by Crippen LogP contribution is -2.37. The Balaban J connectivity index is 2.08. The predicted octanol–water partition coefficient (Wildman–Crippen LogP) is 3.16. The van der Waals surface area contributed by atoms with Crippen molar-refractivity contribution in [2.24, 2.45) is 4.99 Å². The molecule has 0 saturated heterocycles. The molecule has 1 atom stereocenters. The van der Waals surface area contributed by atoms with E-state index >= 15 is 0 Å². The molecule has 1 unspecified atom stereocenters. The second-order valence-electron chi connectivity index (χ2n) is 4.95. The lowest BCUT2D eigenvalue weighted by atomic mass is 9.88. The van der Waals surface area contributed by atoms with Crippen LogP contribution in [0.25, 0.3) is 0 Å². The normalized spacial score (nSPS) is 18.9. The standard InChI is InChI=1S/C17H12ClNO4/c1-23-13-7-6-9(8-12(13)20)19-15-14(18)16(21)10-4-2-3-5-11(10)17(15)22/h2-8,14,20H,1H3. The molecule has 0 fully saturated rings. The van der Waals surface area contributed by atoms with E-state index in [4.69, 9.17) is 16.3 Å². The van der Waals surface area contributed by atoms with Crippen LogP contribution in [0.5, 0.6) is 11.5 Å². The van der Waals surface area contributed by atoms with Gasteiger partial charge in [0.15, 0.2) is 17.3 Å². The number of hydrogen-bond acceptors (Lipinski definition) is 5. The summed E-state index contributed by atoms with van der Waals surface area (Å²) in [4.78, 5) is 29.0. The van der Waals surface area contributed by atoms with E-state index < -0.39 is 11.2 Å². The number of carbonyl (C=O) groups excluding carboxylic acids is 2. The van der Waals surface area contributed by atoms with Crippen LogP contribution in [0.3, 0.4) is 0 Å². The van der Waals surface area contributed by atoms with Gasteiger partial charge in [0.1, 0.15) is 11.1 Å². The zero-order valence-corrected chi connectivity index (χ0v) is 12.9. The molecule has 2 aromatic carbocycles. The molecule has 3 rings (SSSR count). The first kappa shape index (κ1) is 15.2. The van der Waals surface area contributed by atoms with Gasteiger partial charge in [0.2, 0.25) is 5.78 Å². The Kier molecular flexibility index (Phi) is 3.88. The number of carbonyl (C=O) groups is 2. The van der Waals surface area contributed by atoms with E-state index in [1.54, 1.807) is 30.3 Å². The third-order valence-corrected chi connectivity index (χ3v) is 3.96. The highest BCUT2D eigenvalue weighted by atomic mass is 35.5. The van der Waals surface area contributed by atoms with Gasteiger partial charge in [0.05, 0.1) is 12.8 Å². The van der Waals surface area contributed by atoms with Gasteiger partial charge in [-0.05, 0) is 12.1 Å². The van der Waals surface area contributed by atoms with Gasteiger partial charge in [0.25, 0.3) is 0 Å². The Morgan fingerprint density at radius 2 is 1.83 bits per heavy atom. The average Bonchev–Trinajstić information content (AvgIpc) is 2.57. The lowest BCUT2D eigenvalue weighted by Gasteiger charge is -2.19. The number of aromatic hydroxyl groups is 1. The maximum absolute atomic E-state index is 12.5. The fraction of sp³-hybridized carbons (Fsp3) is 0.118. The van der Waals surface area contributed by atoms with Crippen LogP contribution in [0.15, 0.2) is 47.5 Å². The zero-order chi connectivity index (χ0) is 16.6. The number of aliphatic imine (C=N–C) groups is 1. The van der Waals surface area contributed by atoms with Crippen LogP contribution in [-0.4, -0.2) is 34.9 Å².